The lowest BCUT2D eigenvalue weighted by atomic mass is 10.3. The van der Waals surface area contributed by atoms with Crippen LogP contribution in [-0.2, 0) is 9.53 Å². The zero-order valence-corrected chi connectivity index (χ0v) is 12.4. The zero-order valence-electron chi connectivity index (χ0n) is 11.6. The summed E-state index contributed by atoms with van der Waals surface area (Å²) in [4.78, 5) is 26.5. The van der Waals surface area contributed by atoms with Gasteiger partial charge in [-0.05, 0) is 25.6 Å². The standard InChI is InChI=1S/C12H23N3O3S/c1-3-4-5-9-18-12(17)15-11(19-2)14-10(16)7-6-8-13/h3-9,13H2,1-2H3,(H,14,15,16,17). The lowest BCUT2D eigenvalue weighted by Crippen LogP contribution is -2.29. The summed E-state index contributed by atoms with van der Waals surface area (Å²) in [6.45, 7) is 2.89. The van der Waals surface area contributed by atoms with Crippen molar-refractivity contribution in [2.75, 3.05) is 19.4 Å². The first-order valence-corrected chi connectivity index (χ1v) is 7.65. The number of nitrogens with two attached hydrogens (primary N) is 1. The number of carbonyl (C=O) groups is 2. The van der Waals surface area contributed by atoms with Crippen LogP contribution >= 0.6 is 11.8 Å². The molecule has 0 rings (SSSR count). The van der Waals surface area contributed by atoms with E-state index in [0.29, 0.717) is 26.0 Å². The summed E-state index contributed by atoms with van der Waals surface area (Å²) in [6, 6.07) is 0. The van der Waals surface area contributed by atoms with Crippen LogP contribution in [0.25, 0.3) is 0 Å². The summed E-state index contributed by atoms with van der Waals surface area (Å²) in [5, 5.41) is 2.80. The van der Waals surface area contributed by atoms with Crippen molar-refractivity contribution >= 4 is 28.9 Å². The minimum absolute atomic E-state index is 0.197. The van der Waals surface area contributed by atoms with Gasteiger partial charge < -0.3 is 15.8 Å². The smallest absolute Gasteiger partial charge is 0.436 e. The summed E-state index contributed by atoms with van der Waals surface area (Å²) in [5.41, 5.74) is 5.31. The number of thioether (sulfide) groups is 1. The number of carbonyl (C=O) groups excluding carboxylic acids is 2. The number of nitrogens with one attached hydrogen (secondary N) is 1. The first-order valence-electron chi connectivity index (χ1n) is 6.43. The van der Waals surface area contributed by atoms with E-state index in [4.69, 9.17) is 10.5 Å². The Labute approximate surface area is 118 Å². The number of unbranched alkanes of at least 4 members (excludes halogenated alkanes) is 2. The Morgan fingerprint density at radius 3 is 2.63 bits per heavy atom. The molecule has 7 heteroatoms. The highest BCUT2D eigenvalue weighted by Crippen LogP contribution is 2.00. The fourth-order valence-electron chi connectivity index (χ4n) is 1.20. The Balaban J connectivity index is 4.07. The average molecular weight is 289 g/mol. The van der Waals surface area contributed by atoms with Crippen LogP contribution in [0.2, 0.25) is 0 Å². The summed E-state index contributed by atoms with van der Waals surface area (Å²) in [6.07, 6.45) is 4.90. The molecular formula is C12H23N3O3S. The Hall–Kier alpha value is -1.08. The van der Waals surface area contributed by atoms with E-state index < -0.39 is 6.09 Å². The molecule has 6 nitrogen and oxygen atoms in total. The molecule has 0 aromatic carbocycles. The summed E-state index contributed by atoms with van der Waals surface area (Å²) in [7, 11) is 0. The molecule has 110 valence electrons. The summed E-state index contributed by atoms with van der Waals surface area (Å²) < 4.78 is 4.93. The fourth-order valence-corrected chi connectivity index (χ4v) is 1.58. The van der Waals surface area contributed by atoms with Crippen molar-refractivity contribution < 1.29 is 14.3 Å². The Kier molecular flexibility index (Phi) is 11.3. The van der Waals surface area contributed by atoms with Gasteiger partial charge in [0.2, 0.25) is 5.91 Å². The van der Waals surface area contributed by atoms with Crippen molar-refractivity contribution in [2.24, 2.45) is 10.7 Å². The van der Waals surface area contributed by atoms with E-state index >= 15 is 0 Å². The maximum Gasteiger partial charge on any atom is 0.436 e. The number of aliphatic imine (C=N–C) groups is 1. The average Bonchev–Trinajstić information content (AvgIpc) is 2.40. The van der Waals surface area contributed by atoms with Gasteiger partial charge in [0, 0.05) is 6.42 Å². The molecule has 0 aromatic rings. The first-order chi connectivity index (χ1) is 9.13. The van der Waals surface area contributed by atoms with Crippen molar-refractivity contribution in [3.05, 3.63) is 0 Å². The molecule has 0 spiro atoms. The number of hydrogen-bond acceptors (Lipinski definition) is 5. The van der Waals surface area contributed by atoms with Crippen LogP contribution in [0, 0.1) is 0 Å². The lowest BCUT2D eigenvalue weighted by molar-refractivity contribution is -0.119. The van der Waals surface area contributed by atoms with Crippen LogP contribution < -0.4 is 11.1 Å². The van der Waals surface area contributed by atoms with E-state index in [1.54, 1.807) is 6.26 Å². The minimum Gasteiger partial charge on any atom is -0.448 e. The maximum absolute atomic E-state index is 11.4. The summed E-state index contributed by atoms with van der Waals surface area (Å²) >= 11 is 1.19. The maximum atomic E-state index is 11.4. The molecule has 0 saturated heterocycles. The van der Waals surface area contributed by atoms with Crippen molar-refractivity contribution in [1.82, 2.24) is 5.32 Å². The Morgan fingerprint density at radius 2 is 2.05 bits per heavy atom. The van der Waals surface area contributed by atoms with Gasteiger partial charge >= 0.3 is 6.09 Å². The van der Waals surface area contributed by atoms with Crippen molar-refractivity contribution in [2.45, 2.75) is 39.0 Å². The largest absolute Gasteiger partial charge is 0.448 e. The van der Waals surface area contributed by atoms with Gasteiger partial charge in [0.25, 0.3) is 0 Å². The van der Waals surface area contributed by atoms with Crippen molar-refractivity contribution in [3.63, 3.8) is 0 Å². The molecule has 0 saturated carbocycles. The third kappa shape index (κ3) is 10.5. The van der Waals surface area contributed by atoms with Crippen molar-refractivity contribution in [1.29, 1.82) is 0 Å². The van der Waals surface area contributed by atoms with Crippen LogP contribution in [0.4, 0.5) is 4.79 Å². The SMILES string of the molecule is CCCCCOC(=O)/N=C(/NC(=O)CCCN)SC. The molecule has 0 heterocycles. The second kappa shape index (κ2) is 12.0. The number of ether oxygens (including phenoxy) is 1. The fraction of sp³-hybridized carbons (Fsp3) is 0.750. The van der Waals surface area contributed by atoms with E-state index in [0.717, 1.165) is 19.3 Å². The molecule has 19 heavy (non-hydrogen) atoms. The molecular weight excluding hydrogens is 266 g/mol. The third-order valence-corrected chi connectivity index (χ3v) is 2.79. The second-order valence-corrected chi connectivity index (χ2v) is 4.68. The number of rotatable bonds is 7. The van der Waals surface area contributed by atoms with Gasteiger partial charge in [-0.2, -0.15) is 4.99 Å². The van der Waals surface area contributed by atoms with Crippen LogP contribution in [0.15, 0.2) is 4.99 Å². The molecule has 0 bridgehead atoms. The second-order valence-electron chi connectivity index (χ2n) is 3.88. The van der Waals surface area contributed by atoms with E-state index in [2.05, 4.69) is 17.2 Å². The topological polar surface area (TPSA) is 93.8 Å². The number of hydrogen-bond donors (Lipinski definition) is 2. The van der Waals surface area contributed by atoms with E-state index in [1.807, 2.05) is 0 Å². The molecule has 0 aliphatic carbocycles. The van der Waals surface area contributed by atoms with Crippen LogP contribution in [-0.4, -0.2) is 36.6 Å². The highest BCUT2D eigenvalue weighted by Gasteiger charge is 2.08. The zero-order chi connectivity index (χ0) is 14.5. The van der Waals surface area contributed by atoms with Gasteiger partial charge in [-0.3, -0.25) is 4.79 Å². The molecule has 0 aliphatic rings. The molecule has 0 aromatic heterocycles. The summed E-state index contributed by atoms with van der Waals surface area (Å²) in [5.74, 6) is -0.197. The monoisotopic (exact) mass is 289 g/mol. The van der Waals surface area contributed by atoms with Crippen molar-refractivity contribution in [3.8, 4) is 0 Å². The van der Waals surface area contributed by atoms with Crippen LogP contribution in [0.3, 0.4) is 0 Å². The first kappa shape index (κ1) is 17.9. The quantitative estimate of drug-likeness (QED) is 0.424. The lowest BCUT2D eigenvalue weighted by Gasteiger charge is -2.06. The number of amidine groups is 1. The normalized spacial score (nSPS) is 11.2. The van der Waals surface area contributed by atoms with Gasteiger partial charge in [-0.1, -0.05) is 31.5 Å². The van der Waals surface area contributed by atoms with Gasteiger partial charge in [-0.15, -0.1) is 0 Å². The van der Waals surface area contributed by atoms with Gasteiger partial charge in [0.05, 0.1) is 6.61 Å². The van der Waals surface area contributed by atoms with Crippen LogP contribution in [0.5, 0.6) is 0 Å². The molecule has 0 unspecified atom stereocenters. The Bertz CT molecular complexity index is 309. The molecule has 0 fully saturated rings. The van der Waals surface area contributed by atoms with E-state index in [1.165, 1.54) is 11.8 Å². The third-order valence-electron chi connectivity index (χ3n) is 2.21. The predicted molar refractivity (Wildman–Crippen MR) is 78.3 cm³/mol. The highest BCUT2D eigenvalue weighted by molar-refractivity contribution is 8.13. The molecule has 0 atom stereocenters. The number of nitrogens with zero attached hydrogens (tertiary/aromatic N) is 1. The highest BCUT2D eigenvalue weighted by atomic mass is 32.2. The van der Waals surface area contributed by atoms with Gasteiger partial charge in [-0.25, -0.2) is 4.79 Å². The van der Waals surface area contributed by atoms with Crippen LogP contribution in [0.1, 0.15) is 39.0 Å². The Morgan fingerprint density at radius 1 is 1.32 bits per heavy atom. The molecule has 3 N–H and O–H groups in total. The molecule has 2 amide bonds. The molecule has 0 aliphatic heterocycles. The number of amides is 2. The van der Waals surface area contributed by atoms with E-state index in [-0.39, 0.29) is 11.1 Å². The molecule has 0 radical (unpaired) electrons. The van der Waals surface area contributed by atoms with Gasteiger partial charge in [0.15, 0.2) is 5.17 Å². The minimum atomic E-state index is -0.667. The van der Waals surface area contributed by atoms with E-state index in [9.17, 15) is 9.59 Å². The predicted octanol–water partition coefficient (Wildman–Crippen LogP) is 1.89. The van der Waals surface area contributed by atoms with Gasteiger partial charge in [0.1, 0.15) is 0 Å².